The largest absolute Gasteiger partial charge is 0.332 e. The molecule has 2 aromatic carbocycles. The fraction of sp³-hybridized carbons (Fsp3) is 0.409. The van der Waals surface area contributed by atoms with Gasteiger partial charge in [-0.2, -0.15) is 4.31 Å². The average molecular weight is 399 g/mol. The van der Waals surface area contributed by atoms with Gasteiger partial charge in [0.2, 0.25) is 10.0 Å². The Morgan fingerprint density at radius 1 is 0.964 bits per heavy atom. The van der Waals surface area contributed by atoms with Crippen molar-refractivity contribution in [1.29, 1.82) is 0 Å². The number of sulfonamides is 1. The zero-order valence-electron chi connectivity index (χ0n) is 16.2. The fourth-order valence-electron chi connectivity index (χ4n) is 4.18. The number of nitrogens with zero attached hydrogens (tertiary/aromatic N) is 2. The molecule has 2 aliphatic heterocycles. The summed E-state index contributed by atoms with van der Waals surface area (Å²) >= 11 is 0. The number of aryl methyl sites for hydroxylation is 1. The SMILES string of the molecule is Cc1ccc(C2CCCN2C(=O)c2cccc(S(=O)(=O)N3CCCC3)c2)cc1. The first-order chi connectivity index (χ1) is 13.5. The lowest BCUT2D eigenvalue weighted by atomic mass is 10.0. The van der Waals surface area contributed by atoms with Crippen LogP contribution in [0, 0.1) is 6.92 Å². The average Bonchev–Trinajstić information content (AvgIpc) is 3.40. The Labute approximate surface area is 167 Å². The quantitative estimate of drug-likeness (QED) is 0.788. The van der Waals surface area contributed by atoms with Crippen molar-refractivity contribution in [2.24, 2.45) is 0 Å². The van der Waals surface area contributed by atoms with Crippen molar-refractivity contribution in [2.75, 3.05) is 19.6 Å². The summed E-state index contributed by atoms with van der Waals surface area (Å²) in [5.74, 6) is -0.0958. The number of rotatable bonds is 4. The highest BCUT2D eigenvalue weighted by Gasteiger charge is 2.32. The van der Waals surface area contributed by atoms with E-state index in [0.29, 0.717) is 25.2 Å². The van der Waals surface area contributed by atoms with E-state index < -0.39 is 10.0 Å². The first-order valence-corrected chi connectivity index (χ1v) is 11.4. The number of benzene rings is 2. The van der Waals surface area contributed by atoms with Crippen molar-refractivity contribution in [3.05, 3.63) is 65.2 Å². The van der Waals surface area contributed by atoms with Crippen LogP contribution in [0.25, 0.3) is 0 Å². The van der Waals surface area contributed by atoms with E-state index in [4.69, 9.17) is 0 Å². The molecular weight excluding hydrogens is 372 g/mol. The summed E-state index contributed by atoms with van der Waals surface area (Å²) in [7, 11) is -3.53. The van der Waals surface area contributed by atoms with E-state index in [2.05, 4.69) is 24.3 Å². The molecule has 0 aliphatic carbocycles. The molecule has 0 aromatic heterocycles. The minimum Gasteiger partial charge on any atom is -0.332 e. The molecular formula is C22H26N2O3S. The molecule has 1 unspecified atom stereocenters. The van der Waals surface area contributed by atoms with Gasteiger partial charge < -0.3 is 4.90 Å². The molecule has 0 radical (unpaired) electrons. The first-order valence-electron chi connectivity index (χ1n) is 9.94. The lowest BCUT2D eigenvalue weighted by Crippen LogP contribution is -2.31. The predicted molar refractivity (Wildman–Crippen MR) is 109 cm³/mol. The number of carbonyl (C=O) groups is 1. The van der Waals surface area contributed by atoms with Gasteiger partial charge in [0, 0.05) is 25.2 Å². The smallest absolute Gasteiger partial charge is 0.254 e. The van der Waals surface area contributed by atoms with Gasteiger partial charge in [-0.25, -0.2) is 8.42 Å². The predicted octanol–water partition coefficient (Wildman–Crippen LogP) is 3.76. The van der Waals surface area contributed by atoms with Gasteiger partial charge in [-0.05, 0) is 56.4 Å². The normalized spacial score (nSPS) is 20.6. The van der Waals surface area contributed by atoms with Crippen LogP contribution in [-0.4, -0.2) is 43.2 Å². The highest BCUT2D eigenvalue weighted by Crippen LogP contribution is 2.33. The Morgan fingerprint density at radius 2 is 1.68 bits per heavy atom. The molecule has 2 aromatic rings. The first kappa shape index (κ1) is 19.2. The Morgan fingerprint density at radius 3 is 2.39 bits per heavy atom. The third-order valence-electron chi connectivity index (χ3n) is 5.76. The number of hydrogen-bond acceptors (Lipinski definition) is 3. The van der Waals surface area contributed by atoms with Crippen LogP contribution in [0.2, 0.25) is 0 Å². The van der Waals surface area contributed by atoms with E-state index in [0.717, 1.165) is 31.2 Å². The summed E-state index contributed by atoms with van der Waals surface area (Å²) in [5, 5.41) is 0. The van der Waals surface area contributed by atoms with Gasteiger partial charge in [0.05, 0.1) is 10.9 Å². The Bertz CT molecular complexity index is 964. The van der Waals surface area contributed by atoms with Crippen LogP contribution in [-0.2, 0) is 10.0 Å². The van der Waals surface area contributed by atoms with E-state index in [1.807, 2.05) is 11.8 Å². The standard InChI is InChI=1S/C22H26N2O3S/c1-17-9-11-18(12-10-17)21-8-5-15-24(21)22(25)19-6-4-7-20(16-19)28(26,27)23-13-2-3-14-23/h4,6-7,9-12,16,21H,2-3,5,8,13-15H2,1H3. The summed E-state index contributed by atoms with van der Waals surface area (Å²) in [5.41, 5.74) is 2.77. The summed E-state index contributed by atoms with van der Waals surface area (Å²) in [6.45, 7) is 3.86. The Hall–Kier alpha value is -2.18. The highest BCUT2D eigenvalue weighted by molar-refractivity contribution is 7.89. The van der Waals surface area contributed by atoms with Crippen molar-refractivity contribution in [3.63, 3.8) is 0 Å². The molecule has 0 saturated carbocycles. The molecule has 0 N–H and O–H groups in total. The molecule has 2 aliphatic rings. The van der Waals surface area contributed by atoms with Crippen molar-refractivity contribution in [3.8, 4) is 0 Å². The van der Waals surface area contributed by atoms with Gasteiger partial charge in [-0.3, -0.25) is 4.79 Å². The molecule has 2 fully saturated rings. The van der Waals surface area contributed by atoms with Gasteiger partial charge in [0.1, 0.15) is 0 Å². The Balaban J connectivity index is 1.60. The van der Waals surface area contributed by atoms with Crippen LogP contribution in [0.3, 0.4) is 0 Å². The molecule has 1 amide bonds. The lowest BCUT2D eigenvalue weighted by molar-refractivity contribution is 0.0735. The second-order valence-electron chi connectivity index (χ2n) is 7.71. The van der Waals surface area contributed by atoms with E-state index in [9.17, 15) is 13.2 Å². The molecule has 0 bridgehead atoms. The van der Waals surface area contributed by atoms with Crippen LogP contribution >= 0.6 is 0 Å². The maximum absolute atomic E-state index is 13.2. The molecule has 1 atom stereocenters. The molecule has 5 nitrogen and oxygen atoms in total. The van der Waals surface area contributed by atoms with Crippen LogP contribution in [0.5, 0.6) is 0 Å². The topological polar surface area (TPSA) is 57.7 Å². The van der Waals surface area contributed by atoms with Crippen LogP contribution < -0.4 is 0 Å². The summed E-state index contributed by atoms with van der Waals surface area (Å²) < 4.78 is 27.2. The lowest BCUT2D eigenvalue weighted by Gasteiger charge is -2.25. The molecule has 4 rings (SSSR count). The third kappa shape index (κ3) is 3.59. The van der Waals surface area contributed by atoms with Gasteiger partial charge in [-0.15, -0.1) is 0 Å². The van der Waals surface area contributed by atoms with Gasteiger partial charge in [0.15, 0.2) is 0 Å². The fourth-order valence-corrected chi connectivity index (χ4v) is 5.74. The maximum atomic E-state index is 13.2. The zero-order chi connectivity index (χ0) is 19.7. The summed E-state index contributed by atoms with van der Waals surface area (Å²) in [6, 6.07) is 14.9. The minimum absolute atomic E-state index is 0.0481. The van der Waals surface area contributed by atoms with Crippen LogP contribution in [0.4, 0.5) is 0 Å². The molecule has 0 spiro atoms. The third-order valence-corrected chi connectivity index (χ3v) is 7.65. The molecule has 2 heterocycles. The monoisotopic (exact) mass is 398 g/mol. The van der Waals surface area contributed by atoms with Crippen LogP contribution in [0.1, 0.15) is 53.2 Å². The zero-order valence-corrected chi connectivity index (χ0v) is 17.0. The molecule has 2 saturated heterocycles. The number of hydrogen-bond donors (Lipinski definition) is 0. The van der Waals surface area contributed by atoms with Crippen molar-refractivity contribution in [2.45, 2.75) is 43.5 Å². The van der Waals surface area contributed by atoms with Gasteiger partial charge in [-0.1, -0.05) is 35.9 Å². The van der Waals surface area contributed by atoms with E-state index in [-0.39, 0.29) is 16.8 Å². The van der Waals surface area contributed by atoms with Crippen molar-refractivity contribution < 1.29 is 13.2 Å². The van der Waals surface area contributed by atoms with E-state index in [1.54, 1.807) is 24.3 Å². The highest BCUT2D eigenvalue weighted by atomic mass is 32.2. The summed E-state index contributed by atoms with van der Waals surface area (Å²) in [4.78, 5) is 15.3. The number of amides is 1. The van der Waals surface area contributed by atoms with Gasteiger partial charge in [0.25, 0.3) is 5.91 Å². The van der Waals surface area contributed by atoms with Gasteiger partial charge >= 0.3 is 0 Å². The molecule has 28 heavy (non-hydrogen) atoms. The number of carbonyl (C=O) groups excluding carboxylic acids is 1. The second kappa shape index (κ2) is 7.68. The van der Waals surface area contributed by atoms with E-state index in [1.165, 1.54) is 9.87 Å². The van der Waals surface area contributed by atoms with E-state index >= 15 is 0 Å². The van der Waals surface area contributed by atoms with Crippen LogP contribution in [0.15, 0.2) is 53.4 Å². The number of likely N-dealkylation sites (tertiary alicyclic amines) is 1. The maximum Gasteiger partial charge on any atom is 0.254 e. The van der Waals surface area contributed by atoms with Crippen molar-refractivity contribution in [1.82, 2.24) is 9.21 Å². The Kier molecular flexibility index (Phi) is 5.25. The summed E-state index contributed by atoms with van der Waals surface area (Å²) in [6.07, 6.45) is 3.67. The molecule has 148 valence electrons. The van der Waals surface area contributed by atoms with Crippen molar-refractivity contribution >= 4 is 15.9 Å². The molecule has 6 heteroatoms. The minimum atomic E-state index is -3.53. The second-order valence-corrected chi connectivity index (χ2v) is 9.64.